The topological polar surface area (TPSA) is 78.7 Å². The Morgan fingerprint density at radius 3 is 2.61 bits per heavy atom. The van der Waals surface area contributed by atoms with Gasteiger partial charge in [0.25, 0.3) is 5.91 Å². The van der Waals surface area contributed by atoms with Crippen LogP contribution in [0.1, 0.15) is 55.7 Å². The molecular weight excluding hydrogens is 354 g/mol. The number of amides is 2. The van der Waals surface area contributed by atoms with E-state index in [1.54, 1.807) is 0 Å². The summed E-state index contributed by atoms with van der Waals surface area (Å²) in [5, 5.41) is 5.93. The second kappa shape index (κ2) is 11.4. The van der Waals surface area contributed by atoms with E-state index < -0.39 is 0 Å². The Kier molecular flexibility index (Phi) is 8.94. The summed E-state index contributed by atoms with van der Waals surface area (Å²) in [5.41, 5.74) is 2.09. The minimum atomic E-state index is -0.106. The second-order valence-corrected chi connectivity index (χ2v) is 6.92. The number of hydrogen-bond donors (Lipinski definition) is 2. The van der Waals surface area contributed by atoms with Crippen molar-refractivity contribution in [1.82, 2.24) is 24.9 Å². The lowest BCUT2D eigenvalue weighted by Crippen LogP contribution is -2.34. The van der Waals surface area contributed by atoms with Crippen molar-refractivity contribution in [3.05, 3.63) is 35.8 Å². The second-order valence-electron chi connectivity index (χ2n) is 6.92. The zero-order valence-electron chi connectivity index (χ0n) is 17.3. The molecule has 2 aromatic rings. The van der Waals surface area contributed by atoms with Gasteiger partial charge in [-0.2, -0.15) is 0 Å². The average Bonchev–Trinajstić information content (AvgIpc) is 3.03. The fraction of sp³-hybridized carbons (Fsp3) is 0.571. The quantitative estimate of drug-likeness (QED) is 0.548. The van der Waals surface area contributed by atoms with Crippen LogP contribution in [0.15, 0.2) is 24.4 Å². The lowest BCUT2D eigenvalue weighted by molar-refractivity contribution is -0.121. The Hall–Kier alpha value is -2.41. The molecule has 7 nitrogen and oxygen atoms in total. The first kappa shape index (κ1) is 21.9. The monoisotopic (exact) mass is 387 g/mol. The Morgan fingerprint density at radius 2 is 1.86 bits per heavy atom. The first-order valence-corrected chi connectivity index (χ1v) is 10.3. The van der Waals surface area contributed by atoms with E-state index in [0.29, 0.717) is 25.2 Å². The molecule has 0 bridgehead atoms. The maximum Gasteiger partial charge on any atom is 0.270 e. The van der Waals surface area contributed by atoms with Gasteiger partial charge in [0.1, 0.15) is 11.3 Å². The number of unbranched alkanes of at least 4 members (excludes halogenated alkanes) is 2. The van der Waals surface area contributed by atoms with Crippen molar-refractivity contribution in [2.75, 3.05) is 32.7 Å². The van der Waals surface area contributed by atoms with Gasteiger partial charge in [0.2, 0.25) is 5.91 Å². The van der Waals surface area contributed by atoms with E-state index >= 15 is 0 Å². The number of nitrogens with one attached hydrogen (secondary N) is 2. The van der Waals surface area contributed by atoms with Gasteiger partial charge in [0.05, 0.1) is 5.69 Å². The molecule has 154 valence electrons. The molecule has 2 heterocycles. The first-order chi connectivity index (χ1) is 13.6. The number of nitrogens with zero attached hydrogens (tertiary/aromatic N) is 3. The van der Waals surface area contributed by atoms with Crippen LogP contribution in [0.2, 0.25) is 0 Å². The highest BCUT2D eigenvalue weighted by molar-refractivity contribution is 5.94. The molecule has 0 spiro atoms. The molecule has 0 saturated carbocycles. The van der Waals surface area contributed by atoms with Crippen LogP contribution in [0, 0.1) is 6.92 Å². The van der Waals surface area contributed by atoms with Crippen molar-refractivity contribution >= 4 is 17.5 Å². The number of carbonyl (C=O) groups excluding carboxylic acids is 2. The van der Waals surface area contributed by atoms with Crippen LogP contribution in [-0.4, -0.2) is 58.8 Å². The molecule has 2 aromatic heterocycles. The summed E-state index contributed by atoms with van der Waals surface area (Å²) in [6, 6.07) is 5.68. The Balaban J connectivity index is 1.61. The van der Waals surface area contributed by atoms with Crippen LogP contribution in [0.4, 0.5) is 0 Å². The van der Waals surface area contributed by atoms with Crippen LogP contribution in [0.5, 0.6) is 0 Å². The van der Waals surface area contributed by atoms with Crippen molar-refractivity contribution in [1.29, 1.82) is 0 Å². The summed E-state index contributed by atoms with van der Waals surface area (Å²) in [4.78, 5) is 31.0. The summed E-state index contributed by atoms with van der Waals surface area (Å²) in [6.45, 7) is 10.3. The fourth-order valence-corrected chi connectivity index (χ4v) is 3.24. The molecule has 2 rings (SSSR count). The third-order valence-corrected chi connectivity index (χ3v) is 4.93. The number of imidazole rings is 1. The van der Waals surface area contributed by atoms with Crippen LogP contribution in [0.3, 0.4) is 0 Å². The third-order valence-electron chi connectivity index (χ3n) is 4.93. The molecule has 0 unspecified atom stereocenters. The van der Waals surface area contributed by atoms with Crippen molar-refractivity contribution in [2.45, 2.75) is 46.5 Å². The fourth-order valence-electron chi connectivity index (χ4n) is 3.24. The molecule has 28 heavy (non-hydrogen) atoms. The molecule has 0 atom stereocenters. The van der Waals surface area contributed by atoms with E-state index in [4.69, 9.17) is 0 Å². The summed E-state index contributed by atoms with van der Waals surface area (Å²) in [7, 11) is 0. The number of rotatable bonds is 12. The molecule has 7 heteroatoms. The standard InChI is InChI=1S/C21H33N5O2/c1-4-25(5-2)16-14-22-19(27)12-7-6-9-13-23-21(28)20-17(3)24-18-11-8-10-15-26(18)20/h8,10-11,15H,4-7,9,12-14,16H2,1-3H3,(H,22,27)(H,23,28). The smallest absolute Gasteiger partial charge is 0.270 e. The van der Waals surface area contributed by atoms with Crippen LogP contribution in [0.25, 0.3) is 5.65 Å². The molecule has 0 fully saturated rings. The van der Waals surface area contributed by atoms with E-state index in [2.05, 4.69) is 34.4 Å². The number of pyridine rings is 1. The van der Waals surface area contributed by atoms with Crippen molar-refractivity contribution in [3.8, 4) is 0 Å². The normalized spacial score (nSPS) is 11.1. The predicted octanol–water partition coefficient (Wildman–Crippen LogP) is 2.39. The van der Waals surface area contributed by atoms with E-state index in [0.717, 1.165) is 50.2 Å². The van der Waals surface area contributed by atoms with Gasteiger partial charge in [-0.1, -0.05) is 26.3 Å². The van der Waals surface area contributed by atoms with Gasteiger partial charge >= 0.3 is 0 Å². The van der Waals surface area contributed by atoms with Gasteiger partial charge in [-0.15, -0.1) is 0 Å². The highest BCUT2D eigenvalue weighted by Crippen LogP contribution is 2.11. The minimum absolute atomic E-state index is 0.106. The van der Waals surface area contributed by atoms with E-state index in [9.17, 15) is 9.59 Å². The number of aromatic nitrogens is 2. The van der Waals surface area contributed by atoms with Gasteiger partial charge in [0.15, 0.2) is 0 Å². The third kappa shape index (κ3) is 6.34. The molecular formula is C21H33N5O2. The number of fused-ring (bicyclic) bond motifs is 1. The van der Waals surface area contributed by atoms with E-state index in [1.165, 1.54) is 0 Å². The van der Waals surface area contributed by atoms with Crippen molar-refractivity contribution < 1.29 is 9.59 Å². The Bertz CT molecular complexity index is 767. The van der Waals surface area contributed by atoms with Gasteiger partial charge in [-0.25, -0.2) is 4.98 Å². The molecule has 0 radical (unpaired) electrons. The highest BCUT2D eigenvalue weighted by atomic mass is 16.2. The molecule has 0 aliphatic heterocycles. The first-order valence-electron chi connectivity index (χ1n) is 10.3. The summed E-state index contributed by atoms with van der Waals surface area (Å²) in [6.07, 6.45) is 4.99. The number of likely N-dealkylation sites (N-methyl/N-ethyl adjacent to an activating group) is 1. The minimum Gasteiger partial charge on any atom is -0.355 e. The number of hydrogen-bond acceptors (Lipinski definition) is 4. The number of aryl methyl sites for hydroxylation is 1. The number of carbonyl (C=O) groups is 2. The molecule has 0 aliphatic carbocycles. The van der Waals surface area contributed by atoms with Gasteiger partial charge < -0.3 is 15.5 Å². The van der Waals surface area contributed by atoms with Gasteiger partial charge in [-0.05, 0) is 45.0 Å². The highest BCUT2D eigenvalue weighted by Gasteiger charge is 2.15. The van der Waals surface area contributed by atoms with Crippen molar-refractivity contribution in [2.24, 2.45) is 0 Å². The molecule has 0 aromatic carbocycles. The van der Waals surface area contributed by atoms with Crippen LogP contribution >= 0.6 is 0 Å². The van der Waals surface area contributed by atoms with Gasteiger partial charge in [-0.3, -0.25) is 14.0 Å². The summed E-state index contributed by atoms with van der Waals surface area (Å²) in [5.74, 6) is 0.00268. The maximum absolute atomic E-state index is 12.5. The lowest BCUT2D eigenvalue weighted by Gasteiger charge is -2.17. The van der Waals surface area contributed by atoms with Crippen molar-refractivity contribution in [3.63, 3.8) is 0 Å². The zero-order chi connectivity index (χ0) is 20.4. The van der Waals surface area contributed by atoms with E-state index in [-0.39, 0.29) is 11.8 Å². The summed E-state index contributed by atoms with van der Waals surface area (Å²) >= 11 is 0. The van der Waals surface area contributed by atoms with Gasteiger partial charge in [0, 0.05) is 32.3 Å². The lowest BCUT2D eigenvalue weighted by atomic mass is 10.2. The zero-order valence-corrected chi connectivity index (χ0v) is 17.3. The Morgan fingerprint density at radius 1 is 1.07 bits per heavy atom. The molecule has 2 amide bonds. The van der Waals surface area contributed by atoms with Crippen LogP contribution < -0.4 is 10.6 Å². The molecule has 0 aliphatic rings. The van der Waals surface area contributed by atoms with E-state index in [1.807, 2.05) is 35.7 Å². The maximum atomic E-state index is 12.5. The SMILES string of the molecule is CCN(CC)CCNC(=O)CCCCCNC(=O)c1c(C)nc2ccccn12. The molecule has 0 saturated heterocycles. The summed E-state index contributed by atoms with van der Waals surface area (Å²) < 4.78 is 1.81. The van der Waals surface area contributed by atoms with Crippen LogP contribution in [-0.2, 0) is 4.79 Å². The Labute approximate surface area is 167 Å². The average molecular weight is 388 g/mol. The predicted molar refractivity (Wildman–Crippen MR) is 112 cm³/mol. The largest absolute Gasteiger partial charge is 0.355 e. The molecule has 2 N–H and O–H groups in total.